The van der Waals surface area contributed by atoms with E-state index in [0.717, 1.165) is 12.3 Å². The molecule has 1 aromatic carbocycles. The number of hydrogen-bond donors (Lipinski definition) is 1. The third-order valence-corrected chi connectivity index (χ3v) is 3.90. The van der Waals surface area contributed by atoms with E-state index in [1.165, 1.54) is 0 Å². The van der Waals surface area contributed by atoms with E-state index in [4.69, 9.17) is 10.5 Å². The van der Waals surface area contributed by atoms with Crippen molar-refractivity contribution < 1.29 is 17.9 Å². The summed E-state index contributed by atoms with van der Waals surface area (Å²) in [6, 6.07) is 7.82. The molecule has 20 heavy (non-hydrogen) atoms. The average molecular weight is 360 g/mol. The number of nitrogens with two attached hydrogens (primary N) is 1. The van der Waals surface area contributed by atoms with Crippen molar-refractivity contribution in [2.24, 2.45) is 0 Å². The van der Waals surface area contributed by atoms with Crippen LogP contribution in [0.4, 0.5) is 5.82 Å². The van der Waals surface area contributed by atoms with Crippen molar-refractivity contribution in [3.63, 3.8) is 0 Å². The number of esters is 1. The van der Waals surface area contributed by atoms with Crippen LogP contribution in [0.3, 0.4) is 0 Å². The van der Waals surface area contributed by atoms with E-state index in [9.17, 15) is 13.2 Å². The minimum absolute atomic E-state index is 0.137. The molecule has 0 unspecified atom stereocenters. The van der Waals surface area contributed by atoms with Crippen molar-refractivity contribution in [2.75, 3.05) is 12.0 Å². The second-order valence-corrected chi connectivity index (χ2v) is 6.55. The van der Waals surface area contributed by atoms with E-state index in [0.29, 0.717) is 14.1 Å². The average Bonchev–Trinajstić information content (AvgIpc) is 2.70. The quantitative estimate of drug-likeness (QED) is 0.827. The van der Waals surface area contributed by atoms with Gasteiger partial charge in [0.1, 0.15) is 5.82 Å². The predicted molar refractivity (Wildman–Crippen MR) is 76.0 cm³/mol. The number of rotatable bonds is 3. The maximum absolute atomic E-state index is 11.9. The molecule has 0 fully saturated rings. The first-order valence-corrected chi connectivity index (χ1v) is 7.96. The number of carbonyl (C=O) groups is 1. The van der Waals surface area contributed by atoms with Crippen molar-refractivity contribution >= 4 is 37.7 Å². The highest BCUT2D eigenvalue weighted by Crippen LogP contribution is 2.20. The van der Waals surface area contributed by atoms with Gasteiger partial charge in [0.25, 0.3) is 10.0 Å². The van der Waals surface area contributed by atoms with Gasteiger partial charge in [0.05, 0.1) is 11.8 Å². The summed E-state index contributed by atoms with van der Waals surface area (Å²) in [6.45, 7) is 0. The zero-order chi connectivity index (χ0) is 14.9. The molecule has 9 heteroatoms. The Labute approximate surface area is 123 Å². The standard InChI is InChI=1S/C11H10BrN3O4S/c1-20(17,18)15-9(13)6-10(14-15)19-11(16)7-4-2-3-5-8(7)12/h2-6H,13H2,1H3. The summed E-state index contributed by atoms with van der Waals surface area (Å²) in [5.74, 6) is -0.994. The number of hydrogen-bond acceptors (Lipinski definition) is 6. The van der Waals surface area contributed by atoms with Gasteiger partial charge in [-0.15, -0.1) is 9.19 Å². The topological polar surface area (TPSA) is 104 Å². The lowest BCUT2D eigenvalue weighted by atomic mass is 10.2. The number of nitrogens with zero attached hydrogens (tertiary/aromatic N) is 2. The first kappa shape index (κ1) is 14.5. The van der Waals surface area contributed by atoms with Gasteiger partial charge in [-0.2, -0.15) is 0 Å². The van der Waals surface area contributed by atoms with E-state index < -0.39 is 16.0 Å². The number of anilines is 1. The van der Waals surface area contributed by atoms with Crippen LogP contribution >= 0.6 is 15.9 Å². The molecule has 0 saturated heterocycles. The smallest absolute Gasteiger partial charge is 0.346 e. The summed E-state index contributed by atoms with van der Waals surface area (Å²) in [4.78, 5) is 11.9. The molecule has 0 aliphatic rings. The number of nitrogen functional groups attached to an aromatic ring is 1. The maximum atomic E-state index is 11.9. The zero-order valence-corrected chi connectivity index (χ0v) is 12.7. The fourth-order valence-electron chi connectivity index (χ4n) is 1.45. The number of benzene rings is 1. The van der Waals surface area contributed by atoms with Crippen molar-refractivity contribution in [2.45, 2.75) is 0 Å². The predicted octanol–water partition coefficient (Wildman–Crippen LogP) is 1.25. The van der Waals surface area contributed by atoms with Crippen LogP contribution in [0.5, 0.6) is 5.88 Å². The Hall–Kier alpha value is -1.87. The van der Waals surface area contributed by atoms with Crippen molar-refractivity contribution in [3.8, 4) is 5.88 Å². The van der Waals surface area contributed by atoms with Crippen molar-refractivity contribution in [3.05, 3.63) is 40.4 Å². The summed E-state index contributed by atoms with van der Waals surface area (Å²) in [5.41, 5.74) is 5.78. The summed E-state index contributed by atoms with van der Waals surface area (Å²) >= 11 is 3.21. The van der Waals surface area contributed by atoms with Crippen molar-refractivity contribution in [1.82, 2.24) is 9.19 Å². The summed E-state index contributed by atoms with van der Waals surface area (Å²) < 4.78 is 28.8. The summed E-state index contributed by atoms with van der Waals surface area (Å²) in [5, 5.41) is 3.62. The summed E-state index contributed by atoms with van der Waals surface area (Å²) in [6.07, 6.45) is 0.940. The third-order valence-electron chi connectivity index (χ3n) is 2.29. The molecule has 0 spiro atoms. The normalized spacial score (nSPS) is 11.3. The highest BCUT2D eigenvalue weighted by atomic mass is 79.9. The van der Waals surface area contributed by atoms with Gasteiger partial charge in [-0.25, -0.2) is 13.2 Å². The van der Waals surface area contributed by atoms with Crippen molar-refractivity contribution in [1.29, 1.82) is 0 Å². The van der Waals surface area contributed by atoms with Crippen LogP contribution in [-0.2, 0) is 10.0 Å². The van der Waals surface area contributed by atoms with Gasteiger partial charge in [-0.05, 0) is 28.1 Å². The van der Waals surface area contributed by atoms with E-state index >= 15 is 0 Å². The lowest BCUT2D eigenvalue weighted by molar-refractivity contribution is 0.0726. The van der Waals surface area contributed by atoms with E-state index in [2.05, 4.69) is 21.0 Å². The van der Waals surface area contributed by atoms with Crippen LogP contribution < -0.4 is 10.5 Å². The minimum atomic E-state index is -3.64. The molecule has 0 aliphatic carbocycles. The Morgan fingerprint density at radius 1 is 1.40 bits per heavy atom. The molecule has 0 atom stereocenters. The summed E-state index contributed by atoms with van der Waals surface area (Å²) in [7, 11) is -3.64. The lowest BCUT2D eigenvalue weighted by Gasteiger charge is -2.02. The third kappa shape index (κ3) is 2.99. The Balaban J connectivity index is 2.28. The molecule has 0 amide bonds. The second kappa shape index (κ2) is 5.25. The first-order valence-electron chi connectivity index (χ1n) is 5.32. The molecule has 106 valence electrons. The Bertz CT molecular complexity index is 770. The Morgan fingerprint density at radius 3 is 2.60 bits per heavy atom. The Morgan fingerprint density at radius 2 is 2.05 bits per heavy atom. The molecule has 1 aromatic heterocycles. The molecule has 0 saturated carbocycles. The fourth-order valence-corrected chi connectivity index (χ4v) is 2.56. The molecule has 0 bridgehead atoms. The number of ether oxygens (including phenoxy) is 1. The molecule has 2 aromatic rings. The highest BCUT2D eigenvalue weighted by molar-refractivity contribution is 9.10. The molecule has 2 rings (SSSR count). The van der Waals surface area contributed by atoms with E-state index in [1.54, 1.807) is 24.3 Å². The van der Waals surface area contributed by atoms with Gasteiger partial charge in [-0.1, -0.05) is 12.1 Å². The lowest BCUT2D eigenvalue weighted by Crippen LogP contribution is -2.15. The van der Waals surface area contributed by atoms with Gasteiger partial charge in [0, 0.05) is 10.5 Å². The molecule has 2 N–H and O–H groups in total. The first-order chi connectivity index (χ1) is 9.29. The molecule has 1 heterocycles. The molecular weight excluding hydrogens is 350 g/mol. The van der Waals surface area contributed by atoms with Crippen LogP contribution in [0, 0.1) is 0 Å². The number of halogens is 1. The number of carbonyl (C=O) groups excluding carboxylic acids is 1. The minimum Gasteiger partial charge on any atom is -0.402 e. The molecule has 0 radical (unpaired) electrons. The largest absolute Gasteiger partial charge is 0.402 e. The fraction of sp³-hybridized carbons (Fsp3) is 0.0909. The van der Waals surface area contributed by atoms with Crippen LogP contribution in [-0.4, -0.2) is 29.8 Å². The SMILES string of the molecule is CS(=O)(=O)n1nc(OC(=O)c2ccccc2Br)cc1N. The Kier molecular flexibility index (Phi) is 3.82. The molecular formula is C11H10BrN3O4S. The van der Waals surface area contributed by atoms with Gasteiger partial charge in [0.15, 0.2) is 0 Å². The van der Waals surface area contributed by atoms with Gasteiger partial charge < -0.3 is 10.5 Å². The highest BCUT2D eigenvalue weighted by Gasteiger charge is 2.18. The molecule has 0 aliphatic heterocycles. The van der Waals surface area contributed by atoms with Gasteiger partial charge >= 0.3 is 5.97 Å². The van der Waals surface area contributed by atoms with Crippen LogP contribution in [0.15, 0.2) is 34.8 Å². The monoisotopic (exact) mass is 359 g/mol. The van der Waals surface area contributed by atoms with Gasteiger partial charge in [0.2, 0.25) is 5.88 Å². The van der Waals surface area contributed by atoms with E-state index in [-0.39, 0.29) is 11.7 Å². The van der Waals surface area contributed by atoms with Crippen LogP contribution in [0.2, 0.25) is 0 Å². The number of aromatic nitrogens is 2. The zero-order valence-electron chi connectivity index (χ0n) is 10.3. The van der Waals surface area contributed by atoms with Crippen LogP contribution in [0.25, 0.3) is 0 Å². The van der Waals surface area contributed by atoms with Crippen LogP contribution in [0.1, 0.15) is 10.4 Å². The van der Waals surface area contributed by atoms with E-state index in [1.807, 2.05) is 0 Å². The maximum Gasteiger partial charge on any atom is 0.346 e. The van der Waals surface area contributed by atoms with Gasteiger partial charge in [-0.3, -0.25) is 0 Å². The molecule has 7 nitrogen and oxygen atoms in total. The second-order valence-electron chi connectivity index (χ2n) is 3.88.